The highest BCUT2D eigenvalue weighted by molar-refractivity contribution is 5.89. The van der Waals surface area contributed by atoms with Crippen LogP contribution in [0.25, 0.3) is 0 Å². The summed E-state index contributed by atoms with van der Waals surface area (Å²) < 4.78 is 0. The van der Waals surface area contributed by atoms with E-state index in [9.17, 15) is 4.79 Å². The average molecular weight is 161 g/mol. The first-order chi connectivity index (χ1) is 5.75. The lowest BCUT2D eigenvalue weighted by atomic mass is 10.1. The second kappa shape index (κ2) is 3.54. The van der Waals surface area contributed by atoms with Gasteiger partial charge in [0.05, 0.1) is 18.1 Å². The fourth-order valence-electron chi connectivity index (χ4n) is 0.968. The molecule has 0 fully saturated rings. The lowest BCUT2D eigenvalue weighted by molar-refractivity contribution is 0.0696. The van der Waals surface area contributed by atoms with Crippen molar-refractivity contribution >= 4 is 5.97 Å². The standard InChI is InChI=1S/C9H7NO2/c10-6-5-7-3-1-2-4-8(7)9(11)12/h1-4H,5H2,(H,11,12). The SMILES string of the molecule is N#CCc1ccccc1C(=O)O. The normalized spacial score (nSPS) is 8.92. The van der Waals surface area contributed by atoms with Gasteiger partial charge in [-0.1, -0.05) is 18.2 Å². The Morgan fingerprint density at radius 2 is 2.17 bits per heavy atom. The van der Waals surface area contributed by atoms with E-state index >= 15 is 0 Å². The van der Waals surface area contributed by atoms with Crippen molar-refractivity contribution in [2.45, 2.75) is 6.42 Å². The molecule has 0 heterocycles. The van der Waals surface area contributed by atoms with Crippen LogP contribution in [0, 0.1) is 11.3 Å². The molecule has 0 radical (unpaired) electrons. The number of hydrogen-bond donors (Lipinski definition) is 1. The second-order valence-corrected chi connectivity index (χ2v) is 2.30. The molecule has 3 heteroatoms. The van der Waals surface area contributed by atoms with Crippen LogP contribution in [0.2, 0.25) is 0 Å². The van der Waals surface area contributed by atoms with Gasteiger partial charge in [0.25, 0.3) is 0 Å². The minimum atomic E-state index is -0.985. The summed E-state index contributed by atoms with van der Waals surface area (Å²) in [5.74, 6) is -0.985. The third-order valence-corrected chi connectivity index (χ3v) is 1.52. The number of rotatable bonds is 2. The summed E-state index contributed by atoms with van der Waals surface area (Å²) in [6, 6.07) is 8.42. The van der Waals surface area contributed by atoms with E-state index in [0.717, 1.165) is 0 Å². The van der Waals surface area contributed by atoms with E-state index in [2.05, 4.69) is 0 Å². The van der Waals surface area contributed by atoms with E-state index in [0.29, 0.717) is 5.56 Å². The Labute approximate surface area is 69.9 Å². The van der Waals surface area contributed by atoms with Crippen LogP contribution < -0.4 is 0 Å². The zero-order chi connectivity index (χ0) is 8.97. The molecular weight excluding hydrogens is 154 g/mol. The molecule has 0 aliphatic rings. The Balaban J connectivity index is 3.10. The third-order valence-electron chi connectivity index (χ3n) is 1.52. The van der Waals surface area contributed by atoms with Crippen LogP contribution in [0.5, 0.6) is 0 Å². The van der Waals surface area contributed by atoms with Gasteiger partial charge in [0, 0.05) is 0 Å². The van der Waals surface area contributed by atoms with Gasteiger partial charge >= 0.3 is 5.97 Å². The lowest BCUT2D eigenvalue weighted by Crippen LogP contribution is -2.00. The van der Waals surface area contributed by atoms with Crippen LogP contribution in [0.1, 0.15) is 15.9 Å². The molecule has 1 rings (SSSR count). The van der Waals surface area contributed by atoms with Gasteiger partial charge < -0.3 is 5.11 Å². The summed E-state index contributed by atoms with van der Waals surface area (Å²) in [7, 11) is 0. The fraction of sp³-hybridized carbons (Fsp3) is 0.111. The Morgan fingerprint density at radius 3 is 2.75 bits per heavy atom. The van der Waals surface area contributed by atoms with Crippen molar-refractivity contribution < 1.29 is 9.90 Å². The van der Waals surface area contributed by atoms with Crippen LogP contribution in [0.4, 0.5) is 0 Å². The summed E-state index contributed by atoms with van der Waals surface area (Å²) >= 11 is 0. The van der Waals surface area contributed by atoms with Crippen molar-refractivity contribution in [3.05, 3.63) is 35.4 Å². The Bertz CT molecular complexity index is 339. The minimum absolute atomic E-state index is 0.141. The number of benzene rings is 1. The molecule has 0 saturated carbocycles. The third kappa shape index (κ3) is 1.61. The fourth-order valence-corrected chi connectivity index (χ4v) is 0.968. The van der Waals surface area contributed by atoms with Crippen LogP contribution in [-0.4, -0.2) is 11.1 Å². The molecule has 0 aliphatic carbocycles. The van der Waals surface area contributed by atoms with E-state index in [1.54, 1.807) is 18.2 Å². The quantitative estimate of drug-likeness (QED) is 0.714. The molecular formula is C9H7NO2. The van der Waals surface area contributed by atoms with Crippen LogP contribution >= 0.6 is 0 Å². The van der Waals surface area contributed by atoms with Gasteiger partial charge in [-0.25, -0.2) is 4.79 Å². The maximum atomic E-state index is 10.6. The Kier molecular flexibility index (Phi) is 2.44. The molecule has 12 heavy (non-hydrogen) atoms. The molecule has 0 aliphatic heterocycles. The topological polar surface area (TPSA) is 61.1 Å². The van der Waals surface area contributed by atoms with Crippen LogP contribution in [0.15, 0.2) is 24.3 Å². The monoisotopic (exact) mass is 161 g/mol. The van der Waals surface area contributed by atoms with E-state index in [-0.39, 0.29) is 12.0 Å². The highest BCUT2D eigenvalue weighted by atomic mass is 16.4. The average Bonchev–Trinajstić information content (AvgIpc) is 2.05. The summed E-state index contributed by atoms with van der Waals surface area (Å²) in [4.78, 5) is 10.6. The maximum Gasteiger partial charge on any atom is 0.335 e. The molecule has 0 unspecified atom stereocenters. The molecule has 0 spiro atoms. The number of nitrogens with zero attached hydrogens (tertiary/aromatic N) is 1. The second-order valence-electron chi connectivity index (χ2n) is 2.30. The van der Waals surface area contributed by atoms with Crippen molar-refractivity contribution in [2.75, 3.05) is 0 Å². The van der Waals surface area contributed by atoms with Gasteiger partial charge in [-0.2, -0.15) is 5.26 Å². The largest absolute Gasteiger partial charge is 0.478 e. The number of hydrogen-bond acceptors (Lipinski definition) is 2. The first kappa shape index (κ1) is 8.28. The zero-order valence-corrected chi connectivity index (χ0v) is 6.32. The van der Waals surface area contributed by atoms with Crippen molar-refractivity contribution in [1.82, 2.24) is 0 Å². The predicted octanol–water partition coefficient (Wildman–Crippen LogP) is 1.45. The molecule has 0 amide bonds. The van der Waals surface area contributed by atoms with Gasteiger partial charge in [0.2, 0.25) is 0 Å². The molecule has 60 valence electrons. The summed E-state index contributed by atoms with van der Waals surface area (Å²) in [6.07, 6.45) is 0.141. The van der Waals surface area contributed by atoms with E-state index in [1.165, 1.54) is 6.07 Å². The highest BCUT2D eigenvalue weighted by Crippen LogP contribution is 2.08. The van der Waals surface area contributed by atoms with Crippen molar-refractivity contribution in [3.8, 4) is 6.07 Å². The molecule has 1 N–H and O–H groups in total. The number of nitriles is 1. The minimum Gasteiger partial charge on any atom is -0.478 e. The molecule has 0 aromatic heterocycles. The zero-order valence-electron chi connectivity index (χ0n) is 6.32. The Hall–Kier alpha value is -1.82. The molecule has 0 bridgehead atoms. The van der Waals surface area contributed by atoms with Crippen molar-refractivity contribution in [3.63, 3.8) is 0 Å². The molecule has 1 aromatic rings. The summed E-state index contributed by atoms with van der Waals surface area (Å²) in [6.45, 7) is 0. The van der Waals surface area contributed by atoms with Crippen LogP contribution in [0.3, 0.4) is 0 Å². The first-order valence-corrected chi connectivity index (χ1v) is 3.44. The molecule has 1 aromatic carbocycles. The predicted molar refractivity (Wildman–Crippen MR) is 42.7 cm³/mol. The number of carboxylic acids is 1. The summed E-state index contributed by atoms with van der Waals surface area (Å²) in [5, 5.41) is 17.1. The van der Waals surface area contributed by atoms with Crippen molar-refractivity contribution in [1.29, 1.82) is 5.26 Å². The van der Waals surface area contributed by atoms with Gasteiger partial charge in [-0.15, -0.1) is 0 Å². The van der Waals surface area contributed by atoms with E-state index < -0.39 is 5.97 Å². The molecule has 0 saturated heterocycles. The smallest absolute Gasteiger partial charge is 0.335 e. The number of carboxylic acid groups (broad SMARTS) is 1. The first-order valence-electron chi connectivity index (χ1n) is 3.44. The number of carbonyl (C=O) groups is 1. The van der Waals surface area contributed by atoms with Gasteiger partial charge in [0.15, 0.2) is 0 Å². The van der Waals surface area contributed by atoms with Gasteiger partial charge in [-0.05, 0) is 11.6 Å². The van der Waals surface area contributed by atoms with Crippen molar-refractivity contribution in [2.24, 2.45) is 0 Å². The number of aromatic carboxylic acids is 1. The Morgan fingerprint density at radius 1 is 1.50 bits per heavy atom. The summed E-state index contributed by atoms with van der Waals surface area (Å²) in [5.41, 5.74) is 0.770. The lowest BCUT2D eigenvalue weighted by Gasteiger charge is -1.99. The van der Waals surface area contributed by atoms with Gasteiger partial charge in [0.1, 0.15) is 0 Å². The van der Waals surface area contributed by atoms with E-state index in [4.69, 9.17) is 10.4 Å². The van der Waals surface area contributed by atoms with Crippen LogP contribution in [-0.2, 0) is 6.42 Å². The highest BCUT2D eigenvalue weighted by Gasteiger charge is 2.07. The van der Waals surface area contributed by atoms with E-state index in [1.807, 2.05) is 6.07 Å². The van der Waals surface area contributed by atoms with Gasteiger partial charge in [-0.3, -0.25) is 0 Å². The molecule has 3 nitrogen and oxygen atoms in total. The molecule has 0 atom stereocenters. The maximum absolute atomic E-state index is 10.6.